The molecule has 0 saturated carbocycles. The quantitative estimate of drug-likeness (QED) is 0.606. The summed E-state index contributed by atoms with van der Waals surface area (Å²) in [6.45, 7) is 2.03. The molecule has 32 heavy (non-hydrogen) atoms. The van der Waals surface area contributed by atoms with E-state index in [-0.39, 0.29) is 11.7 Å². The molecule has 0 spiro atoms. The molecule has 0 unspecified atom stereocenters. The molecule has 0 saturated heterocycles. The number of hydrogen-bond donors (Lipinski definition) is 1. The van der Waals surface area contributed by atoms with Gasteiger partial charge in [0, 0.05) is 18.2 Å². The number of hydrogen-bond acceptors (Lipinski definition) is 4. The Morgan fingerprint density at radius 2 is 1.62 bits per heavy atom. The molecule has 2 aliphatic rings. The Morgan fingerprint density at radius 3 is 2.34 bits per heavy atom. The standard InChI is InChI=1S/C27H21N3O2/c1-18-7-9-20(10-8-18)16-24-27(32)30-17-25(21-11-13-22(31)14-12-21)28-23(26(30)29-24)15-19-5-3-2-4-6-19/h2-14,16-17,31H,15H2,1H3/b24-16-. The zero-order valence-corrected chi connectivity index (χ0v) is 17.6. The summed E-state index contributed by atoms with van der Waals surface area (Å²) in [7, 11) is 0. The van der Waals surface area contributed by atoms with Gasteiger partial charge in [-0.2, -0.15) is 0 Å². The molecule has 3 aromatic carbocycles. The van der Waals surface area contributed by atoms with E-state index >= 15 is 0 Å². The molecule has 5 rings (SSSR count). The first-order valence-corrected chi connectivity index (χ1v) is 10.4. The van der Waals surface area contributed by atoms with E-state index in [2.05, 4.69) is 4.99 Å². The minimum Gasteiger partial charge on any atom is -0.508 e. The maximum Gasteiger partial charge on any atom is 0.282 e. The van der Waals surface area contributed by atoms with E-state index in [4.69, 9.17) is 4.99 Å². The molecule has 0 aliphatic carbocycles. The number of phenols is 1. The van der Waals surface area contributed by atoms with Crippen LogP contribution in [0.25, 0.3) is 11.8 Å². The third-order valence-corrected chi connectivity index (χ3v) is 5.42. The van der Waals surface area contributed by atoms with Crippen molar-refractivity contribution in [2.24, 2.45) is 9.98 Å². The highest BCUT2D eigenvalue weighted by Crippen LogP contribution is 2.29. The summed E-state index contributed by atoms with van der Waals surface area (Å²) < 4.78 is 0. The summed E-state index contributed by atoms with van der Waals surface area (Å²) in [5.74, 6) is 0.554. The van der Waals surface area contributed by atoms with Gasteiger partial charge in [-0.05, 0) is 48.4 Å². The Labute approximate surface area is 186 Å². The number of aryl methyl sites for hydroxylation is 1. The van der Waals surface area contributed by atoms with Gasteiger partial charge in [0.25, 0.3) is 5.91 Å². The predicted molar refractivity (Wildman–Crippen MR) is 127 cm³/mol. The summed E-state index contributed by atoms with van der Waals surface area (Å²) >= 11 is 0. The SMILES string of the molecule is Cc1ccc(/C=C2\N=C3C(Cc4ccccc4)=NC(c4ccc(O)cc4)=CN3C2=O)cc1. The first kappa shape index (κ1) is 19.7. The molecule has 2 aliphatic heterocycles. The minimum atomic E-state index is -0.183. The Kier molecular flexibility index (Phi) is 5.00. The number of amidine groups is 1. The van der Waals surface area contributed by atoms with Crippen LogP contribution in [0.4, 0.5) is 0 Å². The van der Waals surface area contributed by atoms with Crippen LogP contribution in [-0.4, -0.2) is 27.5 Å². The van der Waals surface area contributed by atoms with Gasteiger partial charge in [0.1, 0.15) is 11.4 Å². The topological polar surface area (TPSA) is 65.3 Å². The molecule has 0 fully saturated rings. The van der Waals surface area contributed by atoms with E-state index in [9.17, 15) is 9.90 Å². The van der Waals surface area contributed by atoms with Gasteiger partial charge >= 0.3 is 0 Å². The Morgan fingerprint density at radius 1 is 0.906 bits per heavy atom. The maximum atomic E-state index is 13.2. The zero-order valence-electron chi connectivity index (χ0n) is 17.6. The smallest absolute Gasteiger partial charge is 0.282 e. The fraction of sp³-hybridized carbons (Fsp3) is 0.0741. The number of amides is 1. The van der Waals surface area contributed by atoms with Crippen LogP contribution in [0.1, 0.15) is 22.3 Å². The van der Waals surface area contributed by atoms with Crippen molar-refractivity contribution in [1.29, 1.82) is 0 Å². The number of nitrogens with zero attached hydrogens (tertiary/aromatic N) is 3. The van der Waals surface area contributed by atoms with Gasteiger partial charge in [0.15, 0.2) is 5.84 Å². The van der Waals surface area contributed by atoms with E-state index in [1.54, 1.807) is 41.4 Å². The van der Waals surface area contributed by atoms with E-state index in [1.807, 2.05) is 61.5 Å². The number of fused-ring (bicyclic) bond motifs is 1. The van der Waals surface area contributed by atoms with Gasteiger partial charge < -0.3 is 5.11 Å². The third-order valence-electron chi connectivity index (χ3n) is 5.42. The molecule has 0 aromatic heterocycles. The average Bonchev–Trinajstić information content (AvgIpc) is 3.12. The largest absolute Gasteiger partial charge is 0.508 e. The van der Waals surface area contributed by atoms with Crippen molar-refractivity contribution in [2.45, 2.75) is 13.3 Å². The van der Waals surface area contributed by atoms with Crippen LogP contribution < -0.4 is 0 Å². The van der Waals surface area contributed by atoms with Gasteiger partial charge in [-0.25, -0.2) is 9.98 Å². The summed E-state index contributed by atoms with van der Waals surface area (Å²) in [6.07, 6.45) is 4.08. The first-order valence-electron chi connectivity index (χ1n) is 10.4. The van der Waals surface area contributed by atoms with E-state index < -0.39 is 0 Å². The van der Waals surface area contributed by atoms with Crippen molar-refractivity contribution in [3.05, 3.63) is 113 Å². The Hall–Kier alpha value is -4.25. The Bertz CT molecular complexity index is 1300. The number of phenolic OH excluding ortho intramolecular Hbond substituents is 1. The van der Waals surface area contributed by atoms with Crippen molar-refractivity contribution in [2.75, 3.05) is 0 Å². The number of carbonyl (C=O) groups is 1. The monoisotopic (exact) mass is 419 g/mol. The van der Waals surface area contributed by atoms with Gasteiger partial charge in [-0.1, -0.05) is 60.2 Å². The lowest BCUT2D eigenvalue weighted by Crippen LogP contribution is -2.36. The van der Waals surface area contributed by atoms with Crippen LogP contribution in [0.2, 0.25) is 0 Å². The van der Waals surface area contributed by atoms with Crippen LogP contribution in [0.15, 0.2) is 101 Å². The van der Waals surface area contributed by atoms with Crippen LogP contribution in [0, 0.1) is 6.92 Å². The van der Waals surface area contributed by atoms with E-state index in [0.29, 0.717) is 23.7 Å². The molecule has 156 valence electrons. The molecule has 1 N–H and O–H groups in total. The van der Waals surface area contributed by atoms with Gasteiger partial charge in [-0.3, -0.25) is 9.69 Å². The molecule has 1 amide bonds. The van der Waals surface area contributed by atoms with Crippen LogP contribution in [-0.2, 0) is 11.2 Å². The molecule has 3 aromatic rings. The van der Waals surface area contributed by atoms with Gasteiger partial charge in [-0.15, -0.1) is 0 Å². The Balaban J connectivity index is 1.57. The molecule has 0 atom stereocenters. The van der Waals surface area contributed by atoms with Crippen molar-refractivity contribution < 1.29 is 9.90 Å². The second-order valence-corrected chi connectivity index (χ2v) is 7.83. The van der Waals surface area contributed by atoms with Crippen molar-refractivity contribution in [3.8, 4) is 5.75 Å². The number of rotatable bonds is 4. The second-order valence-electron chi connectivity index (χ2n) is 7.83. The van der Waals surface area contributed by atoms with Crippen LogP contribution >= 0.6 is 0 Å². The maximum absolute atomic E-state index is 13.2. The van der Waals surface area contributed by atoms with Crippen molar-refractivity contribution >= 4 is 29.2 Å². The third kappa shape index (κ3) is 3.88. The zero-order chi connectivity index (χ0) is 22.1. The molecule has 0 bridgehead atoms. The fourth-order valence-corrected chi connectivity index (χ4v) is 3.70. The number of aliphatic imine (C=N–C) groups is 2. The lowest BCUT2D eigenvalue weighted by atomic mass is 10.0. The number of aromatic hydroxyl groups is 1. The van der Waals surface area contributed by atoms with Crippen LogP contribution in [0.3, 0.4) is 0 Å². The summed E-state index contributed by atoms with van der Waals surface area (Å²) in [5, 5.41) is 9.64. The van der Waals surface area contributed by atoms with E-state index in [1.165, 1.54) is 0 Å². The highest BCUT2D eigenvalue weighted by atomic mass is 16.3. The first-order chi connectivity index (χ1) is 15.6. The summed E-state index contributed by atoms with van der Waals surface area (Å²) in [6, 6.07) is 24.8. The molecule has 5 heteroatoms. The van der Waals surface area contributed by atoms with Gasteiger partial charge in [0.05, 0.1) is 11.4 Å². The molecule has 5 nitrogen and oxygen atoms in total. The number of carbonyl (C=O) groups excluding carboxylic acids is 1. The van der Waals surface area contributed by atoms with Crippen LogP contribution in [0.5, 0.6) is 5.75 Å². The lowest BCUT2D eigenvalue weighted by molar-refractivity contribution is -0.120. The highest BCUT2D eigenvalue weighted by molar-refractivity contribution is 6.48. The number of benzene rings is 3. The average molecular weight is 419 g/mol. The predicted octanol–water partition coefficient (Wildman–Crippen LogP) is 4.98. The van der Waals surface area contributed by atoms with Crippen molar-refractivity contribution in [1.82, 2.24) is 4.90 Å². The molecule has 0 radical (unpaired) electrons. The summed E-state index contributed by atoms with van der Waals surface area (Å²) in [5.41, 5.74) is 5.75. The second kappa shape index (κ2) is 8.12. The molecular formula is C27H21N3O2. The lowest BCUT2D eigenvalue weighted by Gasteiger charge is -2.22. The van der Waals surface area contributed by atoms with E-state index in [0.717, 1.165) is 28.0 Å². The fourth-order valence-electron chi connectivity index (χ4n) is 3.70. The van der Waals surface area contributed by atoms with Gasteiger partial charge in [0.2, 0.25) is 0 Å². The molecular weight excluding hydrogens is 398 g/mol. The minimum absolute atomic E-state index is 0.182. The highest BCUT2D eigenvalue weighted by Gasteiger charge is 2.35. The van der Waals surface area contributed by atoms with Crippen molar-refractivity contribution in [3.63, 3.8) is 0 Å². The molecule has 2 heterocycles. The normalized spacial score (nSPS) is 16.5. The summed E-state index contributed by atoms with van der Waals surface area (Å²) in [4.78, 5) is 24.3.